The zero-order chi connectivity index (χ0) is 19.7. The number of hydrogen-bond acceptors (Lipinski definition) is 4. The van der Waals surface area contributed by atoms with Crippen LogP contribution < -0.4 is 9.75 Å². The van der Waals surface area contributed by atoms with E-state index in [1.807, 2.05) is 48.2 Å². The van der Waals surface area contributed by atoms with Gasteiger partial charge in [-0.25, -0.2) is 5.01 Å². The van der Waals surface area contributed by atoms with Crippen molar-refractivity contribution in [2.24, 2.45) is 5.10 Å². The van der Waals surface area contributed by atoms with Crippen LogP contribution in [0.3, 0.4) is 0 Å². The molecule has 144 valence electrons. The van der Waals surface area contributed by atoms with Gasteiger partial charge in [-0.1, -0.05) is 18.2 Å². The molecule has 0 atom stereocenters. The fourth-order valence-electron chi connectivity index (χ4n) is 3.69. The minimum atomic E-state index is -0.0985. The highest BCUT2D eigenvalue weighted by Gasteiger charge is 2.30. The van der Waals surface area contributed by atoms with Crippen molar-refractivity contribution >= 4 is 23.2 Å². The largest absolute Gasteiger partial charge is 0.497 e. The van der Waals surface area contributed by atoms with Gasteiger partial charge in [-0.2, -0.15) is 5.10 Å². The third-order valence-corrected chi connectivity index (χ3v) is 5.24. The molecule has 0 N–H and O–H groups in total. The monoisotopic (exact) mass is 377 g/mol. The fraction of sp³-hybridized carbons (Fsp3) is 0.318. The Bertz CT molecular complexity index is 967. The molecular formula is C22H23N3O3. The van der Waals surface area contributed by atoms with E-state index in [0.717, 1.165) is 23.3 Å². The molecule has 2 aliphatic heterocycles. The van der Waals surface area contributed by atoms with Crippen LogP contribution in [-0.4, -0.2) is 36.1 Å². The van der Waals surface area contributed by atoms with Gasteiger partial charge in [0.15, 0.2) is 0 Å². The molecule has 4 rings (SSSR count). The molecule has 0 aromatic heterocycles. The van der Waals surface area contributed by atoms with E-state index in [1.54, 1.807) is 7.11 Å². The smallest absolute Gasteiger partial charge is 0.270 e. The van der Waals surface area contributed by atoms with E-state index >= 15 is 0 Å². The first-order valence-electron chi connectivity index (χ1n) is 9.47. The van der Waals surface area contributed by atoms with Crippen molar-refractivity contribution in [2.45, 2.75) is 32.7 Å². The summed E-state index contributed by atoms with van der Waals surface area (Å²) in [6.45, 7) is 3.14. The Morgan fingerprint density at radius 3 is 2.71 bits per heavy atom. The number of hydrogen-bond donors (Lipinski definition) is 0. The molecule has 0 fully saturated rings. The lowest BCUT2D eigenvalue weighted by Gasteiger charge is -2.31. The Morgan fingerprint density at radius 1 is 1.07 bits per heavy atom. The second-order valence-electron chi connectivity index (χ2n) is 7.20. The van der Waals surface area contributed by atoms with Crippen molar-refractivity contribution in [3.05, 3.63) is 59.2 Å². The lowest BCUT2D eigenvalue weighted by molar-refractivity contribution is -0.125. The summed E-state index contributed by atoms with van der Waals surface area (Å²) in [7, 11) is 1.64. The van der Waals surface area contributed by atoms with E-state index in [-0.39, 0.29) is 18.2 Å². The second kappa shape index (κ2) is 7.46. The van der Waals surface area contributed by atoms with E-state index in [0.29, 0.717) is 30.9 Å². The molecule has 0 unspecified atom stereocenters. The van der Waals surface area contributed by atoms with Gasteiger partial charge in [0.1, 0.15) is 11.5 Å². The zero-order valence-electron chi connectivity index (χ0n) is 16.1. The van der Waals surface area contributed by atoms with Crippen LogP contribution in [0.1, 0.15) is 29.5 Å². The summed E-state index contributed by atoms with van der Waals surface area (Å²) in [5.74, 6) is 0.605. The number of methoxy groups -OCH3 is 1. The number of benzene rings is 2. The van der Waals surface area contributed by atoms with E-state index in [4.69, 9.17) is 4.74 Å². The summed E-state index contributed by atoms with van der Waals surface area (Å²) in [5, 5.41) is 5.79. The Balaban J connectivity index is 1.57. The van der Waals surface area contributed by atoms with Gasteiger partial charge in [0, 0.05) is 25.9 Å². The first kappa shape index (κ1) is 18.2. The van der Waals surface area contributed by atoms with Gasteiger partial charge < -0.3 is 9.64 Å². The van der Waals surface area contributed by atoms with Crippen LogP contribution in [0, 0.1) is 6.92 Å². The van der Waals surface area contributed by atoms with Crippen LogP contribution in [0.5, 0.6) is 5.75 Å². The van der Waals surface area contributed by atoms with Crippen LogP contribution in [0.2, 0.25) is 0 Å². The zero-order valence-corrected chi connectivity index (χ0v) is 16.1. The SMILES string of the molecule is COc1ccc2c(c1)CN(C(=O)C1=NN(c3cccc(C)c3)C(=O)CC1)CC2. The first-order valence-corrected chi connectivity index (χ1v) is 9.47. The molecule has 2 aromatic rings. The van der Waals surface area contributed by atoms with Crippen molar-refractivity contribution in [1.82, 2.24) is 4.90 Å². The number of hydrazone groups is 1. The van der Waals surface area contributed by atoms with E-state index in [9.17, 15) is 9.59 Å². The van der Waals surface area contributed by atoms with Crippen LogP contribution in [0.25, 0.3) is 0 Å². The number of carbonyl (C=O) groups excluding carboxylic acids is 2. The Hall–Kier alpha value is -3.15. The maximum Gasteiger partial charge on any atom is 0.270 e. The molecule has 6 nitrogen and oxygen atoms in total. The summed E-state index contributed by atoms with van der Waals surface area (Å²) in [6, 6.07) is 13.6. The predicted molar refractivity (Wildman–Crippen MR) is 107 cm³/mol. The highest BCUT2D eigenvalue weighted by atomic mass is 16.5. The summed E-state index contributed by atoms with van der Waals surface area (Å²) >= 11 is 0. The van der Waals surface area contributed by atoms with Gasteiger partial charge in [0.25, 0.3) is 5.91 Å². The molecule has 0 saturated heterocycles. The molecule has 0 aliphatic carbocycles. The number of carbonyl (C=O) groups is 2. The van der Waals surface area contributed by atoms with Gasteiger partial charge in [0.05, 0.1) is 12.8 Å². The Labute approximate surface area is 164 Å². The molecular weight excluding hydrogens is 354 g/mol. The maximum absolute atomic E-state index is 13.1. The van der Waals surface area contributed by atoms with Crippen LogP contribution in [0.4, 0.5) is 5.69 Å². The topological polar surface area (TPSA) is 62.2 Å². The highest BCUT2D eigenvalue weighted by molar-refractivity contribution is 6.40. The van der Waals surface area contributed by atoms with Crippen molar-refractivity contribution in [3.63, 3.8) is 0 Å². The molecule has 2 amide bonds. The van der Waals surface area contributed by atoms with Crippen LogP contribution >= 0.6 is 0 Å². The number of nitrogens with zero attached hydrogens (tertiary/aromatic N) is 3. The number of aryl methyl sites for hydroxylation is 1. The minimum Gasteiger partial charge on any atom is -0.497 e. The molecule has 0 spiro atoms. The quantitative estimate of drug-likeness (QED) is 0.826. The number of anilines is 1. The van der Waals surface area contributed by atoms with Crippen LogP contribution in [0.15, 0.2) is 47.6 Å². The summed E-state index contributed by atoms with van der Waals surface area (Å²) in [5.41, 5.74) is 4.52. The molecule has 6 heteroatoms. The van der Waals surface area contributed by atoms with E-state index < -0.39 is 0 Å². The third kappa shape index (κ3) is 3.50. The Morgan fingerprint density at radius 2 is 1.93 bits per heavy atom. The van der Waals surface area contributed by atoms with E-state index in [2.05, 4.69) is 11.2 Å². The lowest BCUT2D eigenvalue weighted by Crippen LogP contribution is -2.43. The fourth-order valence-corrected chi connectivity index (χ4v) is 3.69. The summed E-state index contributed by atoms with van der Waals surface area (Å²) < 4.78 is 5.31. The van der Waals surface area contributed by atoms with Crippen molar-refractivity contribution in [2.75, 3.05) is 18.7 Å². The van der Waals surface area contributed by atoms with Gasteiger partial charge >= 0.3 is 0 Å². The molecule has 2 aromatic carbocycles. The normalized spacial score (nSPS) is 16.5. The molecule has 2 heterocycles. The van der Waals surface area contributed by atoms with Gasteiger partial charge in [0.2, 0.25) is 5.91 Å². The lowest BCUT2D eigenvalue weighted by atomic mass is 9.98. The maximum atomic E-state index is 13.1. The summed E-state index contributed by atoms with van der Waals surface area (Å²) in [4.78, 5) is 27.3. The number of fused-ring (bicyclic) bond motifs is 1. The second-order valence-corrected chi connectivity index (χ2v) is 7.20. The van der Waals surface area contributed by atoms with E-state index in [1.165, 1.54) is 10.6 Å². The molecule has 0 radical (unpaired) electrons. The predicted octanol–water partition coefficient (Wildman–Crippen LogP) is 3.07. The molecule has 28 heavy (non-hydrogen) atoms. The molecule has 2 aliphatic rings. The average molecular weight is 377 g/mol. The highest BCUT2D eigenvalue weighted by Crippen LogP contribution is 2.26. The molecule has 0 saturated carbocycles. The average Bonchev–Trinajstić information content (AvgIpc) is 2.72. The standard InChI is InChI=1S/C22H23N3O3/c1-15-4-3-5-18(12-15)25-21(26)9-8-20(23-25)22(27)24-11-10-16-6-7-19(28-2)13-17(16)14-24/h3-7,12-13H,8-11,14H2,1-2H3. The number of rotatable bonds is 3. The van der Waals surface area contributed by atoms with Gasteiger partial charge in [-0.15, -0.1) is 0 Å². The van der Waals surface area contributed by atoms with Crippen LogP contribution in [-0.2, 0) is 22.6 Å². The number of amides is 2. The van der Waals surface area contributed by atoms with Gasteiger partial charge in [-0.05, 0) is 54.3 Å². The molecule has 0 bridgehead atoms. The third-order valence-electron chi connectivity index (χ3n) is 5.24. The first-order chi connectivity index (χ1) is 13.5. The minimum absolute atomic E-state index is 0.0872. The number of ether oxygens (including phenoxy) is 1. The summed E-state index contributed by atoms with van der Waals surface area (Å²) in [6.07, 6.45) is 1.47. The Kier molecular flexibility index (Phi) is 4.86. The van der Waals surface area contributed by atoms with Crippen molar-refractivity contribution in [3.8, 4) is 5.75 Å². The van der Waals surface area contributed by atoms with Crippen molar-refractivity contribution < 1.29 is 14.3 Å². The van der Waals surface area contributed by atoms with Crippen molar-refractivity contribution in [1.29, 1.82) is 0 Å². The van der Waals surface area contributed by atoms with Gasteiger partial charge in [-0.3, -0.25) is 9.59 Å².